The Balaban J connectivity index is 1.61. The highest BCUT2D eigenvalue weighted by Gasteiger charge is 2.28. The molecule has 2 aliphatic rings. The molecular formula is C31H34N2O4. The second-order valence-corrected chi connectivity index (χ2v) is 11.3. The van der Waals surface area contributed by atoms with E-state index in [2.05, 4.69) is 31.2 Å². The van der Waals surface area contributed by atoms with Crippen molar-refractivity contribution in [3.63, 3.8) is 0 Å². The molecule has 1 fully saturated rings. The summed E-state index contributed by atoms with van der Waals surface area (Å²) in [6, 6.07) is 12.3. The number of ether oxygens (including phenoxy) is 3. The average Bonchev–Trinajstić information content (AvgIpc) is 3.70. The van der Waals surface area contributed by atoms with Gasteiger partial charge in [0.15, 0.2) is 0 Å². The van der Waals surface area contributed by atoms with Crippen LogP contribution in [0.1, 0.15) is 56.4 Å². The molecule has 6 nitrogen and oxygen atoms in total. The molecule has 2 aromatic heterocycles. The van der Waals surface area contributed by atoms with Crippen molar-refractivity contribution in [2.24, 2.45) is 5.92 Å². The Morgan fingerprint density at radius 3 is 2.73 bits per heavy atom. The Kier molecular flexibility index (Phi) is 6.04. The molecule has 6 rings (SSSR count). The Bertz CT molecular complexity index is 1480. The van der Waals surface area contributed by atoms with Crippen molar-refractivity contribution in [3.8, 4) is 22.8 Å². The molecule has 1 aliphatic heterocycles. The Morgan fingerprint density at radius 2 is 1.97 bits per heavy atom. The maximum absolute atomic E-state index is 10.5. The minimum absolute atomic E-state index is 0.134. The van der Waals surface area contributed by atoms with Crippen LogP contribution in [-0.4, -0.2) is 40.5 Å². The van der Waals surface area contributed by atoms with Gasteiger partial charge in [-0.15, -0.1) is 0 Å². The van der Waals surface area contributed by atoms with Crippen LogP contribution in [-0.2, 0) is 11.2 Å². The summed E-state index contributed by atoms with van der Waals surface area (Å²) in [6.07, 6.45) is 4.70. The number of pyridine rings is 2. The second-order valence-electron chi connectivity index (χ2n) is 11.3. The van der Waals surface area contributed by atoms with Gasteiger partial charge in [-0.1, -0.05) is 0 Å². The zero-order chi connectivity index (χ0) is 25.7. The Hall–Kier alpha value is -3.22. The van der Waals surface area contributed by atoms with E-state index in [4.69, 9.17) is 24.2 Å². The highest BCUT2D eigenvalue weighted by Crippen LogP contribution is 2.45. The lowest BCUT2D eigenvalue weighted by molar-refractivity contribution is -0.0821. The van der Waals surface area contributed by atoms with Crippen LogP contribution >= 0.6 is 0 Å². The number of hydrogen-bond acceptors (Lipinski definition) is 6. The lowest BCUT2D eigenvalue weighted by Crippen LogP contribution is -2.25. The maximum Gasteiger partial charge on any atom is 0.213 e. The SMILES string of the molecule is Cc1cc2nc(OCC3CC3)ccc2c(-c2ccc3c4c(ccnc24)CCO3)c1[C@@H](CO)OC(C)(C)C. The number of benzene rings is 2. The van der Waals surface area contributed by atoms with Crippen LogP contribution in [0.15, 0.2) is 42.6 Å². The molecule has 37 heavy (non-hydrogen) atoms. The molecule has 0 saturated heterocycles. The molecule has 1 N–H and O–H groups in total. The van der Waals surface area contributed by atoms with Crippen LogP contribution < -0.4 is 9.47 Å². The summed E-state index contributed by atoms with van der Waals surface area (Å²) in [5.74, 6) is 2.17. The number of nitrogens with zero attached hydrogens (tertiary/aromatic N) is 2. The lowest BCUT2D eigenvalue weighted by atomic mass is 9.86. The van der Waals surface area contributed by atoms with Crippen molar-refractivity contribution in [1.82, 2.24) is 9.97 Å². The summed E-state index contributed by atoms with van der Waals surface area (Å²) < 4.78 is 18.4. The van der Waals surface area contributed by atoms with Crippen molar-refractivity contribution in [2.45, 2.75) is 58.7 Å². The fourth-order valence-corrected chi connectivity index (χ4v) is 5.39. The van der Waals surface area contributed by atoms with E-state index in [9.17, 15) is 5.11 Å². The molecule has 4 aromatic rings. The lowest BCUT2D eigenvalue weighted by Gasteiger charge is -2.30. The molecule has 1 atom stereocenters. The van der Waals surface area contributed by atoms with Crippen LogP contribution in [0.5, 0.6) is 11.6 Å². The summed E-state index contributed by atoms with van der Waals surface area (Å²) in [4.78, 5) is 9.74. The van der Waals surface area contributed by atoms with Gasteiger partial charge < -0.3 is 19.3 Å². The van der Waals surface area contributed by atoms with Crippen LogP contribution in [0.2, 0.25) is 0 Å². The summed E-state index contributed by atoms with van der Waals surface area (Å²) in [5, 5.41) is 12.6. The number of aliphatic hydroxyl groups is 1. The first-order chi connectivity index (χ1) is 17.8. The smallest absolute Gasteiger partial charge is 0.213 e. The zero-order valence-electron chi connectivity index (χ0n) is 22.0. The van der Waals surface area contributed by atoms with Crippen molar-refractivity contribution < 1.29 is 19.3 Å². The molecule has 3 heterocycles. The van der Waals surface area contributed by atoms with Crippen LogP contribution in [0.25, 0.3) is 32.9 Å². The molecule has 0 amide bonds. The third-order valence-electron chi connectivity index (χ3n) is 7.20. The van der Waals surface area contributed by atoms with E-state index >= 15 is 0 Å². The first-order valence-electron chi connectivity index (χ1n) is 13.2. The summed E-state index contributed by atoms with van der Waals surface area (Å²) >= 11 is 0. The van der Waals surface area contributed by atoms with Crippen LogP contribution in [0, 0.1) is 12.8 Å². The Labute approximate surface area is 217 Å². The normalized spacial score (nSPS) is 16.1. The van der Waals surface area contributed by atoms with Crippen LogP contribution in [0.3, 0.4) is 0 Å². The van der Waals surface area contributed by atoms with Gasteiger partial charge in [0.25, 0.3) is 0 Å². The first kappa shape index (κ1) is 24.1. The fraction of sp³-hybridized carbons (Fsp3) is 0.419. The summed E-state index contributed by atoms with van der Waals surface area (Å²) in [6.45, 7) is 9.35. The van der Waals surface area contributed by atoms with E-state index in [-0.39, 0.29) is 6.61 Å². The van der Waals surface area contributed by atoms with Crippen molar-refractivity contribution in [1.29, 1.82) is 0 Å². The van der Waals surface area contributed by atoms with Gasteiger partial charge in [-0.05, 0) is 99.0 Å². The predicted molar refractivity (Wildman–Crippen MR) is 145 cm³/mol. The molecule has 0 unspecified atom stereocenters. The number of rotatable bonds is 7. The topological polar surface area (TPSA) is 73.7 Å². The van der Waals surface area contributed by atoms with Crippen molar-refractivity contribution in [2.75, 3.05) is 19.8 Å². The number of aryl methyl sites for hydroxylation is 1. The van der Waals surface area contributed by atoms with Gasteiger partial charge in [-0.2, -0.15) is 0 Å². The van der Waals surface area contributed by atoms with Gasteiger partial charge in [0, 0.05) is 35.0 Å². The van der Waals surface area contributed by atoms with E-state index in [0.29, 0.717) is 25.0 Å². The van der Waals surface area contributed by atoms with E-state index in [0.717, 1.165) is 56.2 Å². The quantitative estimate of drug-likeness (QED) is 0.321. The zero-order valence-corrected chi connectivity index (χ0v) is 22.0. The van der Waals surface area contributed by atoms with E-state index in [1.807, 2.05) is 39.1 Å². The van der Waals surface area contributed by atoms with Gasteiger partial charge in [0.2, 0.25) is 5.88 Å². The fourth-order valence-electron chi connectivity index (χ4n) is 5.39. The molecule has 1 saturated carbocycles. The van der Waals surface area contributed by atoms with Gasteiger partial charge in [0.05, 0.1) is 36.5 Å². The van der Waals surface area contributed by atoms with Crippen molar-refractivity contribution >= 4 is 21.8 Å². The number of aromatic nitrogens is 2. The largest absolute Gasteiger partial charge is 0.493 e. The second kappa shape index (κ2) is 9.26. The monoisotopic (exact) mass is 498 g/mol. The third kappa shape index (κ3) is 4.64. The van der Waals surface area contributed by atoms with Gasteiger partial charge in [-0.3, -0.25) is 4.98 Å². The standard InChI is InChI=1S/C31H34N2O4/c1-18-15-23-21(8-10-26(33-23)36-17-19-5-6-19)29(27(18)25(16-34)37-31(2,3)4)22-7-9-24-28-20(12-14-35-24)11-13-32-30(22)28/h7-11,13,15,19,25,34H,5-6,12,14,16-17H2,1-4H3/t25-/m1/s1. The number of hydrogen-bond donors (Lipinski definition) is 1. The molecular weight excluding hydrogens is 464 g/mol. The number of aliphatic hydroxyl groups excluding tert-OH is 1. The van der Waals surface area contributed by atoms with Crippen LogP contribution in [0.4, 0.5) is 0 Å². The minimum atomic E-state index is -0.507. The molecule has 6 heteroatoms. The van der Waals surface area contributed by atoms with Gasteiger partial charge in [-0.25, -0.2) is 4.98 Å². The highest BCUT2D eigenvalue weighted by atomic mass is 16.5. The maximum atomic E-state index is 10.5. The molecule has 2 aromatic carbocycles. The molecule has 0 radical (unpaired) electrons. The van der Waals surface area contributed by atoms with Gasteiger partial charge >= 0.3 is 0 Å². The minimum Gasteiger partial charge on any atom is -0.493 e. The third-order valence-corrected chi connectivity index (χ3v) is 7.20. The average molecular weight is 499 g/mol. The molecule has 1 aliphatic carbocycles. The van der Waals surface area contributed by atoms with E-state index in [1.165, 1.54) is 18.4 Å². The molecule has 0 spiro atoms. The predicted octanol–water partition coefficient (Wildman–Crippen LogP) is 6.33. The van der Waals surface area contributed by atoms with Crippen molar-refractivity contribution in [3.05, 3.63) is 59.3 Å². The first-order valence-corrected chi connectivity index (χ1v) is 13.2. The van der Waals surface area contributed by atoms with E-state index < -0.39 is 11.7 Å². The highest BCUT2D eigenvalue weighted by molar-refractivity contribution is 6.07. The Morgan fingerprint density at radius 1 is 1.14 bits per heavy atom. The van der Waals surface area contributed by atoms with Gasteiger partial charge in [0.1, 0.15) is 11.9 Å². The number of fused-ring (bicyclic) bond motifs is 1. The molecule has 192 valence electrons. The van der Waals surface area contributed by atoms with E-state index in [1.54, 1.807) is 0 Å². The summed E-state index contributed by atoms with van der Waals surface area (Å²) in [7, 11) is 0. The molecule has 0 bridgehead atoms. The summed E-state index contributed by atoms with van der Waals surface area (Å²) in [5.41, 5.74) is 6.49.